The lowest BCUT2D eigenvalue weighted by Gasteiger charge is -2.10. The van der Waals surface area contributed by atoms with Crippen LogP contribution < -0.4 is 5.32 Å². The molecule has 0 aliphatic rings. The molecule has 2 aromatic carbocycles. The summed E-state index contributed by atoms with van der Waals surface area (Å²) in [5, 5.41) is 4.01. The van der Waals surface area contributed by atoms with Crippen LogP contribution in [0.15, 0.2) is 60.8 Å². The van der Waals surface area contributed by atoms with Gasteiger partial charge in [0.15, 0.2) is 0 Å². The highest BCUT2D eigenvalue weighted by atomic mass is 16.1. The van der Waals surface area contributed by atoms with Crippen molar-refractivity contribution in [2.24, 2.45) is 0 Å². The summed E-state index contributed by atoms with van der Waals surface area (Å²) in [5.41, 5.74) is 3.65. The Bertz CT molecular complexity index is 824. The molecule has 0 aliphatic heterocycles. The van der Waals surface area contributed by atoms with E-state index in [0.717, 1.165) is 22.0 Å². The smallest absolute Gasteiger partial charge is 0.251 e. The van der Waals surface area contributed by atoms with Crippen molar-refractivity contribution in [3.63, 3.8) is 0 Å². The molecular weight excluding hydrogens is 272 g/mol. The lowest BCUT2D eigenvalue weighted by Crippen LogP contribution is -2.30. The third-order valence-corrected chi connectivity index (χ3v) is 3.47. The van der Waals surface area contributed by atoms with Gasteiger partial charge in [0.25, 0.3) is 5.91 Å². The number of carbonyl (C=O) groups is 1. The van der Waals surface area contributed by atoms with Gasteiger partial charge in [0.2, 0.25) is 0 Å². The van der Waals surface area contributed by atoms with Crippen LogP contribution >= 0.6 is 0 Å². The Kier molecular flexibility index (Phi) is 3.88. The van der Waals surface area contributed by atoms with Crippen LogP contribution in [0, 0.1) is 0 Å². The minimum Gasteiger partial charge on any atom is -0.350 e. The Morgan fingerprint density at radius 3 is 2.64 bits per heavy atom. The molecule has 0 fully saturated rings. The summed E-state index contributed by atoms with van der Waals surface area (Å²) in [6.45, 7) is 3.91. The zero-order valence-electron chi connectivity index (χ0n) is 12.7. The van der Waals surface area contributed by atoms with E-state index in [2.05, 4.69) is 16.4 Å². The minimum absolute atomic E-state index is 0.0504. The zero-order valence-corrected chi connectivity index (χ0v) is 12.7. The van der Waals surface area contributed by atoms with Crippen LogP contribution in [-0.4, -0.2) is 16.9 Å². The lowest BCUT2D eigenvalue weighted by atomic mass is 10.0. The maximum absolute atomic E-state index is 12.1. The van der Waals surface area contributed by atoms with E-state index in [1.54, 1.807) is 0 Å². The molecule has 3 nitrogen and oxygen atoms in total. The van der Waals surface area contributed by atoms with Crippen molar-refractivity contribution < 1.29 is 4.79 Å². The molecule has 0 saturated heterocycles. The number of nitrogens with one attached hydrogen (secondary N) is 1. The number of benzene rings is 2. The maximum atomic E-state index is 12.1. The van der Waals surface area contributed by atoms with Gasteiger partial charge in [-0.25, -0.2) is 0 Å². The molecule has 1 N–H and O–H groups in total. The summed E-state index contributed by atoms with van der Waals surface area (Å²) in [5.74, 6) is -0.0504. The van der Waals surface area contributed by atoms with Crippen LogP contribution in [0.4, 0.5) is 0 Å². The number of nitrogens with zero attached hydrogens (tertiary/aromatic N) is 1. The molecule has 0 saturated carbocycles. The van der Waals surface area contributed by atoms with Gasteiger partial charge in [-0.15, -0.1) is 0 Å². The first-order valence-corrected chi connectivity index (χ1v) is 7.39. The second-order valence-electron chi connectivity index (χ2n) is 5.63. The largest absolute Gasteiger partial charge is 0.350 e. The van der Waals surface area contributed by atoms with Crippen molar-refractivity contribution in [2.75, 3.05) is 0 Å². The average Bonchev–Trinajstić information content (AvgIpc) is 2.54. The first kappa shape index (κ1) is 14.3. The predicted molar refractivity (Wildman–Crippen MR) is 89.8 cm³/mol. The Morgan fingerprint density at radius 2 is 1.82 bits per heavy atom. The highest BCUT2D eigenvalue weighted by Gasteiger charge is 2.08. The molecule has 3 heteroatoms. The molecule has 0 unspecified atom stereocenters. The normalized spacial score (nSPS) is 10.9. The van der Waals surface area contributed by atoms with Crippen molar-refractivity contribution in [1.29, 1.82) is 0 Å². The fourth-order valence-corrected chi connectivity index (χ4v) is 2.41. The van der Waals surface area contributed by atoms with Gasteiger partial charge in [0.05, 0.1) is 5.52 Å². The molecule has 0 radical (unpaired) electrons. The van der Waals surface area contributed by atoms with Gasteiger partial charge in [0, 0.05) is 28.8 Å². The third-order valence-electron chi connectivity index (χ3n) is 3.47. The average molecular weight is 290 g/mol. The number of fused-ring (bicyclic) bond motifs is 1. The molecule has 0 bridgehead atoms. The second-order valence-corrected chi connectivity index (χ2v) is 5.63. The van der Waals surface area contributed by atoms with Crippen molar-refractivity contribution in [2.45, 2.75) is 19.9 Å². The van der Waals surface area contributed by atoms with E-state index in [1.807, 2.05) is 68.6 Å². The Balaban J connectivity index is 1.98. The van der Waals surface area contributed by atoms with E-state index in [1.165, 1.54) is 0 Å². The summed E-state index contributed by atoms with van der Waals surface area (Å²) in [4.78, 5) is 16.6. The van der Waals surface area contributed by atoms with E-state index in [9.17, 15) is 4.79 Å². The second kappa shape index (κ2) is 5.98. The monoisotopic (exact) mass is 290 g/mol. The Labute approximate surface area is 130 Å². The number of rotatable bonds is 3. The van der Waals surface area contributed by atoms with Gasteiger partial charge in [0.1, 0.15) is 0 Å². The molecule has 3 aromatic rings. The summed E-state index contributed by atoms with van der Waals surface area (Å²) >= 11 is 0. The van der Waals surface area contributed by atoms with E-state index >= 15 is 0 Å². The molecular formula is C19H18N2O. The first-order valence-electron chi connectivity index (χ1n) is 7.39. The van der Waals surface area contributed by atoms with Gasteiger partial charge in [-0.05, 0) is 43.7 Å². The molecule has 1 aromatic heterocycles. The molecule has 3 rings (SSSR count). The van der Waals surface area contributed by atoms with E-state index in [-0.39, 0.29) is 11.9 Å². The van der Waals surface area contributed by atoms with Gasteiger partial charge >= 0.3 is 0 Å². The van der Waals surface area contributed by atoms with Crippen LogP contribution in [0.5, 0.6) is 0 Å². The molecule has 110 valence electrons. The SMILES string of the molecule is CC(C)NC(=O)c1cccc(-c2cnc3ccccc3c2)c1. The summed E-state index contributed by atoms with van der Waals surface area (Å²) < 4.78 is 0. The van der Waals surface area contributed by atoms with Crippen LogP contribution in [0.1, 0.15) is 24.2 Å². The molecule has 0 spiro atoms. The number of carbonyl (C=O) groups excluding carboxylic acids is 1. The van der Waals surface area contributed by atoms with E-state index in [0.29, 0.717) is 5.56 Å². The number of aromatic nitrogens is 1. The predicted octanol–water partition coefficient (Wildman–Crippen LogP) is 4.04. The van der Waals surface area contributed by atoms with Crippen molar-refractivity contribution >= 4 is 16.8 Å². The fourth-order valence-electron chi connectivity index (χ4n) is 2.41. The summed E-state index contributed by atoms with van der Waals surface area (Å²) in [6.07, 6.45) is 1.85. The molecule has 22 heavy (non-hydrogen) atoms. The topological polar surface area (TPSA) is 42.0 Å². The zero-order chi connectivity index (χ0) is 15.5. The van der Waals surface area contributed by atoms with Crippen molar-refractivity contribution in [3.05, 3.63) is 66.4 Å². The number of pyridine rings is 1. The summed E-state index contributed by atoms with van der Waals surface area (Å²) in [7, 11) is 0. The van der Waals surface area contributed by atoms with Crippen molar-refractivity contribution in [1.82, 2.24) is 10.3 Å². The van der Waals surface area contributed by atoms with Crippen LogP contribution in [-0.2, 0) is 0 Å². The van der Waals surface area contributed by atoms with Crippen molar-refractivity contribution in [3.8, 4) is 11.1 Å². The highest BCUT2D eigenvalue weighted by molar-refractivity contribution is 5.96. The Hall–Kier alpha value is -2.68. The Morgan fingerprint density at radius 1 is 1.00 bits per heavy atom. The fraction of sp³-hybridized carbons (Fsp3) is 0.158. The maximum Gasteiger partial charge on any atom is 0.251 e. The van der Waals surface area contributed by atoms with Gasteiger partial charge in [-0.1, -0.05) is 30.3 Å². The number of amides is 1. The van der Waals surface area contributed by atoms with Crippen LogP contribution in [0.25, 0.3) is 22.0 Å². The standard InChI is InChI=1S/C19H18N2O/c1-13(2)21-19(22)16-8-5-7-14(10-16)17-11-15-6-3-4-9-18(15)20-12-17/h3-13H,1-2H3,(H,21,22). The van der Waals surface area contributed by atoms with Gasteiger partial charge in [-0.3, -0.25) is 9.78 Å². The highest BCUT2D eigenvalue weighted by Crippen LogP contribution is 2.23. The van der Waals surface area contributed by atoms with Gasteiger partial charge < -0.3 is 5.32 Å². The molecule has 0 aliphatic carbocycles. The quantitative estimate of drug-likeness (QED) is 0.791. The van der Waals surface area contributed by atoms with Crippen LogP contribution in [0.3, 0.4) is 0 Å². The summed E-state index contributed by atoms with van der Waals surface area (Å²) in [6, 6.07) is 17.9. The number of hydrogen-bond acceptors (Lipinski definition) is 2. The third kappa shape index (κ3) is 2.98. The minimum atomic E-state index is -0.0504. The van der Waals surface area contributed by atoms with E-state index in [4.69, 9.17) is 0 Å². The number of hydrogen-bond donors (Lipinski definition) is 1. The lowest BCUT2D eigenvalue weighted by molar-refractivity contribution is 0.0943. The molecule has 1 heterocycles. The molecule has 0 atom stereocenters. The first-order chi connectivity index (χ1) is 10.6. The van der Waals surface area contributed by atoms with Gasteiger partial charge in [-0.2, -0.15) is 0 Å². The van der Waals surface area contributed by atoms with E-state index < -0.39 is 0 Å². The van der Waals surface area contributed by atoms with Crippen LogP contribution in [0.2, 0.25) is 0 Å². The molecule has 1 amide bonds. The number of para-hydroxylation sites is 1.